The maximum Gasteiger partial charge on any atom is 0.235 e. The van der Waals surface area contributed by atoms with Crippen LogP contribution in [0.15, 0.2) is 47.1 Å². The number of amides is 1. The van der Waals surface area contributed by atoms with Gasteiger partial charge in [-0.05, 0) is 23.3 Å². The minimum Gasteiger partial charge on any atom is -0.467 e. The maximum absolute atomic E-state index is 11.1. The summed E-state index contributed by atoms with van der Waals surface area (Å²) in [5.74, 6) is 0.605. The molecule has 0 aliphatic carbocycles. The highest BCUT2D eigenvalue weighted by atomic mass is 35.5. The van der Waals surface area contributed by atoms with E-state index in [0.717, 1.165) is 16.9 Å². The third-order valence-electron chi connectivity index (χ3n) is 2.70. The lowest BCUT2D eigenvalue weighted by Crippen LogP contribution is -2.23. The van der Waals surface area contributed by atoms with Crippen molar-refractivity contribution in [1.82, 2.24) is 5.32 Å². The van der Waals surface area contributed by atoms with E-state index in [2.05, 4.69) is 5.32 Å². The zero-order chi connectivity index (χ0) is 14.2. The molecular formula is C15H16ClNO3. The fourth-order valence-electron chi connectivity index (χ4n) is 1.74. The number of carbonyl (C=O) groups is 1. The lowest BCUT2D eigenvalue weighted by molar-refractivity contribution is -0.118. The van der Waals surface area contributed by atoms with E-state index < -0.39 is 0 Å². The Labute approximate surface area is 122 Å². The number of furan rings is 1. The first kappa shape index (κ1) is 14.6. The third kappa shape index (κ3) is 4.72. The van der Waals surface area contributed by atoms with Gasteiger partial charge in [0.1, 0.15) is 18.2 Å². The highest BCUT2D eigenvalue weighted by molar-refractivity contribution is 6.27. The van der Waals surface area contributed by atoms with Gasteiger partial charge in [0.25, 0.3) is 0 Å². The Hall–Kier alpha value is -1.78. The number of carbonyl (C=O) groups excluding carboxylic acids is 1. The summed E-state index contributed by atoms with van der Waals surface area (Å²) < 4.78 is 10.8. The van der Waals surface area contributed by atoms with Crippen LogP contribution in [-0.4, -0.2) is 11.8 Å². The standard InChI is InChI=1S/C15H16ClNO3/c16-8-15(18)17-9-12-3-1-4-13(7-12)10-19-11-14-5-2-6-20-14/h1-7H,8-11H2,(H,17,18). The van der Waals surface area contributed by atoms with Crippen LogP contribution in [0.25, 0.3) is 0 Å². The number of halogens is 1. The minimum atomic E-state index is -0.175. The monoisotopic (exact) mass is 293 g/mol. The fourth-order valence-corrected chi connectivity index (χ4v) is 1.84. The van der Waals surface area contributed by atoms with Gasteiger partial charge in [-0.2, -0.15) is 0 Å². The molecule has 0 radical (unpaired) electrons. The smallest absolute Gasteiger partial charge is 0.235 e. The molecular weight excluding hydrogens is 278 g/mol. The molecule has 0 saturated heterocycles. The van der Waals surface area contributed by atoms with E-state index in [1.807, 2.05) is 36.4 Å². The first-order valence-electron chi connectivity index (χ1n) is 6.28. The Balaban J connectivity index is 1.81. The average Bonchev–Trinajstić information content (AvgIpc) is 2.98. The Morgan fingerprint density at radius 1 is 1.20 bits per heavy atom. The van der Waals surface area contributed by atoms with Gasteiger partial charge >= 0.3 is 0 Å². The number of nitrogens with one attached hydrogen (secondary N) is 1. The molecule has 1 aromatic carbocycles. The number of hydrogen-bond acceptors (Lipinski definition) is 3. The van der Waals surface area contributed by atoms with Gasteiger partial charge in [0, 0.05) is 6.54 Å². The number of alkyl halides is 1. The first-order chi connectivity index (χ1) is 9.78. The van der Waals surface area contributed by atoms with Crippen molar-refractivity contribution in [3.05, 3.63) is 59.5 Å². The zero-order valence-corrected chi connectivity index (χ0v) is 11.7. The molecule has 0 atom stereocenters. The first-order valence-corrected chi connectivity index (χ1v) is 6.82. The number of rotatable bonds is 7. The predicted molar refractivity (Wildman–Crippen MR) is 76.2 cm³/mol. The quantitative estimate of drug-likeness (QED) is 0.799. The van der Waals surface area contributed by atoms with Crippen molar-refractivity contribution in [3.8, 4) is 0 Å². The second-order valence-electron chi connectivity index (χ2n) is 4.30. The predicted octanol–water partition coefficient (Wildman–Crippen LogP) is 2.85. The zero-order valence-electron chi connectivity index (χ0n) is 11.0. The fraction of sp³-hybridized carbons (Fsp3) is 0.267. The van der Waals surface area contributed by atoms with E-state index in [4.69, 9.17) is 20.8 Å². The van der Waals surface area contributed by atoms with E-state index in [1.165, 1.54) is 0 Å². The van der Waals surface area contributed by atoms with Crippen LogP contribution in [0.1, 0.15) is 16.9 Å². The van der Waals surface area contributed by atoms with Gasteiger partial charge in [-0.25, -0.2) is 0 Å². The van der Waals surface area contributed by atoms with Gasteiger partial charge in [-0.3, -0.25) is 4.79 Å². The summed E-state index contributed by atoms with van der Waals surface area (Å²) in [4.78, 5) is 11.1. The van der Waals surface area contributed by atoms with Gasteiger partial charge in [0.15, 0.2) is 0 Å². The molecule has 0 bridgehead atoms. The van der Waals surface area contributed by atoms with Crippen molar-refractivity contribution < 1.29 is 13.9 Å². The van der Waals surface area contributed by atoms with Gasteiger partial charge in [-0.15, -0.1) is 11.6 Å². The van der Waals surface area contributed by atoms with Gasteiger partial charge in [0.2, 0.25) is 5.91 Å². The van der Waals surface area contributed by atoms with E-state index in [9.17, 15) is 4.79 Å². The summed E-state index contributed by atoms with van der Waals surface area (Å²) in [6, 6.07) is 11.6. The van der Waals surface area contributed by atoms with Crippen molar-refractivity contribution in [2.45, 2.75) is 19.8 Å². The molecule has 0 unspecified atom stereocenters. The van der Waals surface area contributed by atoms with Crippen molar-refractivity contribution in [1.29, 1.82) is 0 Å². The molecule has 1 N–H and O–H groups in total. The Kier molecular flexibility index (Phi) is 5.65. The van der Waals surface area contributed by atoms with Crippen LogP contribution in [0.3, 0.4) is 0 Å². The Bertz CT molecular complexity index is 540. The molecule has 2 aromatic rings. The number of hydrogen-bond donors (Lipinski definition) is 1. The number of benzene rings is 1. The van der Waals surface area contributed by atoms with E-state index in [0.29, 0.717) is 19.8 Å². The normalized spacial score (nSPS) is 10.4. The van der Waals surface area contributed by atoms with Crippen molar-refractivity contribution >= 4 is 17.5 Å². The molecule has 20 heavy (non-hydrogen) atoms. The van der Waals surface area contributed by atoms with Crippen LogP contribution in [0, 0.1) is 0 Å². The second kappa shape index (κ2) is 7.72. The summed E-state index contributed by atoms with van der Waals surface area (Å²) >= 11 is 5.43. The summed E-state index contributed by atoms with van der Waals surface area (Å²) in [6.45, 7) is 1.41. The van der Waals surface area contributed by atoms with Crippen LogP contribution in [0.5, 0.6) is 0 Å². The summed E-state index contributed by atoms with van der Waals surface area (Å²) in [6.07, 6.45) is 1.62. The summed E-state index contributed by atoms with van der Waals surface area (Å²) in [5, 5.41) is 2.73. The molecule has 0 saturated carbocycles. The molecule has 1 heterocycles. The molecule has 1 aromatic heterocycles. The van der Waals surface area contributed by atoms with Crippen molar-refractivity contribution in [2.75, 3.05) is 5.88 Å². The largest absolute Gasteiger partial charge is 0.467 e. The second-order valence-corrected chi connectivity index (χ2v) is 4.57. The van der Waals surface area contributed by atoms with Gasteiger partial charge < -0.3 is 14.5 Å². The topological polar surface area (TPSA) is 51.5 Å². The van der Waals surface area contributed by atoms with E-state index in [1.54, 1.807) is 6.26 Å². The maximum atomic E-state index is 11.1. The highest BCUT2D eigenvalue weighted by Gasteiger charge is 2.01. The van der Waals surface area contributed by atoms with Crippen molar-refractivity contribution in [3.63, 3.8) is 0 Å². The highest BCUT2D eigenvalue weighted by Crippen LogP contribution is 2.09. The molecule has 106 valence electrons. The molecule has 2 rings (SSSR count). The molecule has 5 heteroatoms. The SMILES string of the molecule is O=C(CCl)NCc1cccc(COCc2ccco2)c1. The Morgan fingerprint density at radius 2 is 2.05 bits per heavy atom. The van der Waals surface area contributed by atoms with E-state index in [-0.39, 0.29) is 11.8 Å². The van der Waals surface area contributed by atoms with Crippen LogP contribution < -0.4 is 5.32 Å². The summed E-state index contributed by atoms with van der Waals surface area (Å²) in [5.41, 5.74) is 2.07. The molecule has 0 spiro atoms. The average molecular weight is 294 g/mol. The third-order valence-corrected chi connectivity index (χ3v) is 2.94. The molecule has 0 aliphatic rings. The minimum absolute atomic E-state index is 0.0219. The van der Waals surface area contributed by atoms with E-state index >= 15 is 0 Å². The van der Waals surface area contributed by atoms with Crippen LogP contribution in [0.4, 0.5) is 0 Å². The van der Waals surface area contributed by atoms with Crippen LogP contribution in [0.2, 0.25) is 0 Å². The van der Waals surface area contributed by atoms with Gasteiger partial charge in [-0.1, -0.05) is 24.3 Å². The van der Waals surface area contributed by atoms with Gasteiger partial charge in [0.05, 0.1) is 12.9 Å². The molecule has 4 nitrogen and oxygen atoms in total. The van der Waals surface area contributed by atoms with Crippen LogP contribution >= 0.6 is 11.6 Å². The molecule has 1 amide bonds. The number of ether oxygens (including phenoxy) is 1. The molecule has 0 fully saturated rings. The van der Waals surface area contributed by atoms with Crippen LogP contribution in [-0.2, 0) is 29.3 Å². The Morgan fingerprint density at radius 3 is 2.80 bits per heavy atom. The summed E-state index contributed by atoms with van der Waals surface area (Å²) in [7, 11) is 0. The lowest BCUT2D eigenvalue weighted by atomic mass is 10.1. The van der Waals surface area contributed by atoms with Crippen molar-refractivity contribution in [2.24, 2.45) is 0 Å². The lowest BCUT2D eigenvalue weighted by Gasteiger charge is -2.07. The molecule has 0 aliphatic heterocycles.